The first-order valence-electron chi connectivity index (χ1n) is 8.08. The van der Waals surface area contributed by atoms with Crippen molar-refractivity contribution in [2.24, 2.45) is 0 Å². The van der Waals surface area contributed by atoms with Gasteiger partial charge in [0.05, 0.1) is 19.8 Å². The van der Waals surface area contributed by atoms with Crippen LogP contribution in [0.3, 0.4) is 0 Å². The van der Waals surface area contributed by atoms with Crippen LogP contribution in [0.25, 0.3) is 0 Å². The van der Waals surface area contributed by atoms with E-state index >= 15 is 0 Å². The summed E-state index contributed by atoms with van der Waals surface area (Å²) in [6.45, 7) is 1.58. The molecule has 2 aromatic rings. The minimum Gasteiger partial charge on any atom is -0.493 e. The third kappa shape index (κ3) is 5.30. The minimum atomic E-state index is -1.47. The summed E-state index contributed by atoms with van der Waals surface area (Å²) < 4.78 is 22.8. The van der Waals surface area contributed by atoms with E-state index in [1.54, 1.807) is 37.3 Å². The molecule has 0 aromatic heterocycles. The lowest BCUT2D eigenvalue weighted by atomic mass is 10.1. The first-order chi connectivity index (χ1) is 12.8. The molecule has 0 spiro atoms. The second kappa shape index (κ2) is 9.18. The van der Waals surface area contributed by atoms with Crippen molar-refractivity contribution in [3.63, 3.8) is 0 Å². The summed E-state index contributed by atoms with van der Waals surface area (Å²) >= 11 is 0. The van der Waals surface area contributed by atoms with Gasteiger partial charge in [-0.05, 0) is 36.8 Å². The van der Waals surface area contributed by atoms with Crippen LogP contribution in [-0.2, 0) is 21.3 Å². The number of anilines is 1. The monoisotopic (exact) mass is 391 g/mol. The lowest BCUT2D eigenvalue weighted by Crippen LogP contribution is -2.29. The highest BCUT2D eigenvalue weighted by atomic mass is 32.2. The molecule has 0 aliphatic heterocycles. The summed E-state index contributed by atoms with van der Waals surface area (Å²) in [7, 11) is 1.55. The molecular formula is C19H21NO6S. The quantitative estimate of drug-likeness (QED) is 0.717. The van der Waals surface area contributed by atoms with Gasteiger partial charge in [-0.25, -0.2) is 4.79 Å². The van der Waals surface area contributed by atoms with Crippen molar-refractivity contribution in [1.29, 1.82) is 0 Å². The van der Waals surface area contributed by atoms with E-state index in [0.29, 0.717) is 22.7 Å². The van der Waals surface area contributed by atoms with Gasteiger partial charge in [0.2, 0.25) is 5.91 Å². The molecule has 0 fully saturated rings. The maximum absolute atomic E-state index is 12.5. The van der Waals surface area contributed by atoms with E-state index in [2.05, 4.69) is 5.32 Å². The van der Waals surface area contributed by atoms with Crippen molar-refractivity contribution in [2.45, 2.75) is 17.9 Å². The zero-order chi connectivity index (χ0) is 20.0. The van der Waals surface area contributed by atoms with Crippen LogP contribution in [0.15, 0.2) is 42.5 Å². The predicted octanol–water partition coefficient (Wildman–Crippen LogP) is 2.68. The van der Waals surface area contributed by atoms with Crippen molar-refractivity contribution in [2.75, 3.05) is 19.5 Å². The van der Waals surface area contributed by atoms with Crippen LogP contribution in [-0.4, -0.2) is 40.7 Å². The molecule has 0 radical (unpaired) electrons. The summed E-state index contributed by atoms with van der Waals surface area (Å²) in [5, 5.41) is 10.9. The average molecular weight is 391 g/mol. The van der Waals surface area contributed by atoms with Gasteiger partial charge in [-0.3, -0.25) is 9.00 Å². The van der Waals surface area contributed by atoms with Crippen molar-refractivity contribution in [3.05, 3.63) is 53.6 Å². The Morgan fingerprint density at radius 3 is 2.26 bits per heavy atom. The number of carbonyl (C=O) groups excluding carboxylic acids is 1. The predicted molar refractivity (Wildman–Crippen MR) is 103 cm³/mol. The van der Waals surface area contributed by atoms with E-state index in [9.17, 15) is 13.8 Å². The number of carboxylic acid groups (broad SMARTS) is 1. The standard InChI is InChI=1S/C19H21NO6S/c1-12(27(24)11-13-4-6-14(7-5-13)19(22)23)18(21)20-15-8-9-16(25-2)17(10-15)26-3/h4-10,12H,11H2,1-3H3,(H,20,21)(H,22,23). The van der Waals surface area contributed by atoms with Gasteiger partial charge < -0.3 is 19.9 Å². The number of carbonyl (C=O) groups is 2. The van der Waals surface area contributed by atoms with Crippen LogP contribution in [0.5, 0.6) is 11.5 Å². The Kier molecular flexibility index (Phi) is 6.95. The van der Waals surface area contributed by atoms with Crippen LogP contribution in [0.4, 0.5) is 5.69 Å². The van der Waals surface area contributed by atoms with Gasteiger partial charge in [0.1, 0.15) is 5.25 Å². The third-order valence-electron chi connectivity index (χ3n) is 3.92. The number of ether oxygens (including phenoxy) is 2. The van der Waals surface area contributed by atoms with Crippen LogP contribution in [0.1, 0.15) is 22.8 Å². The number of carboxylic acids is 1. The number of nitrogens with one attached hydrogen (secondary N) is 1. The number of methoxy groups -OCH3 is 2. The molecule has 0 aliphatic carbocycles. The topological polar surface area (TPSA) is 102 Å². The molecule has 2 atom stereocenters. The Balaban J connectivity index is 2.01. The fourth-order valence-corrected chi connectivity index (χ4v) is 3.38. The number of benzene rings is 2. The summed E-state index contributed by atoms with van der Waals surface area (Å²) in [6, 6.07) is 11.0. The van der Waals surface area contributed by atoms with Crippen LogP contribution < -0.4 is 14.8 Å². The van der Waals surface area contributed by atoms with Gasteiger partial charge in [-0.1, -0.05) is 12.1 Å². The van der Waals surface area contributed by atoms with Gasteiger partial charge in [0, 0.05) is 28.3 Å². The molecule has 2 aromatic carbocycles. The molecule has 0 aliphatic rings. The molecule has 8 heteroatoms. The fraction of sp³-hybridized carbons (Fsp3) is 0.263. The van der Waals surface area contributed by atoms with Gasteiger partial charge in [0.15, 0.2) is 11.5 Å². The number of rotatable bonds is 8. The molecule has 144 valence electrons. The Hall–Kier alpha value is -2.87. The Bertz CT molecular complexity index is 850. The third-order valence-corrected chi connectivity index (χ3v) is 5.55. The van der Waals surface area contributed by atoms with E-state index < -0.39 is 22.0 Å². The van der Waals surface area contributed by atoms with Crippen molar-refractivity contribution in [3.8, 4) is 11.5 Å². The van der Waals surface area contributed by atoms with Gasteiger partial charge >= 0.3 is 5.97 Å². The molecule has 2 N–H and O–H groups in total. The lowest BCUT2D eigenvalue weighted by molar-refractivity contribution is -0.115. The summed E-state index contributed by atoms with van der Waals surface area (Å²) in [5.41, 5.74) is 1.36. The number of hydrogen-bond donors (Lipinski definition) is 2. The summed E-state index contributed by atoms with van der Waals surface area (Å²) in [4.78, 5) is 23.2. The molecule has 27 heavy (non-hydrogen) atoms. The molecule has 0 bridgehead atoms. The van der Waals surface area contributed by atoms with Crippen molar-refractivity contribution in [1.82, 2.24) is 0 Å². The number of amides is 1. The first kappa shape index (κ1) is 20.4. The minimum absolute atomic E-state index is 0.153. The highest BCUT2D eigenvalue weighted by Crippen LogP contribution is 2.29. The van der Waals surface area contributed by atoms with Gasteiger partial charge in [-0.2, -0.15) is 0 Å². The molecule has 0 saturated carbocycles. The van der Waals surface area contributed by atoms with E-state index in [-0.39, 0.29) is 17.2 Å². The number of hydrogen-bond acceptors (Lipinski definition) is 5. The molecule has 0 saturated heterocycles. The van der Waals surface area contributed by atoms with E-state index in [1.165, 1.54) is 26.4 Å². The summed E-state index contributed by atoms with van der Waals surface area (Å²) in [6.07, 6.45) is 0. The lowest BCUT2D eigenvalue weighted by Gasteiger charge is -2.14. The van der Waals surface area contributed by atoms with Gasteiger partial charge in [-0.15, -0.1) is 0 Å². The van der Waals surface area contributed by atoms with Crippen LogP contribution in [0.2, 0.25) is 0 Å². The van der Waals surface area contributed by atoms with Crippen LogP contribution >= 0.6 is 0 Å². The van der Waals surface area contributed by atoms with E-state index in [0.717, 1.165) is 0 Å². The SMILES string of the molecule is COc1ccc(NC(=O)C(C)S(=O)Cc2ccc(C(=O)O)cc2)cc1OC. The van der Waals surface area contributed by atoms with E-state index in [4.69, 9.17) is 14.6 Å². The zero-order valence-corrected chi connectivity index (χ0v) is 16.0. The molecule has 0 heterocycles. The van der Waals surface area contributed by atoms with Crippen LogP contribution in [0, 0.1) is 0 Å². The highest BCUT2D eigenvalue weighted by Gasteiger charge is 2.21. The second-order valence-corrected chi connectivity index (χ2v) is 7.49. The van der Waals surface area contributed by atoms with Gasteiger partial charge in [0.25, 0.3) is 0 Å². The normalized spacial score (nSPS) is 12.7. The summed E-state index contributed by atoms with van der Waals surface area (Å²) in [5.74, 6) is -0.243. The molecule has 1 amide bonds. The Labute approximate surface area is 159 Å². The molecule has 7 nitrogen and oxygen atoms in total. The molecule has 2 unspecified atom stereocenters. The van der Waals surface area contributed by atoms with Crippen molar-refractivity contribution >= 4 is 28.4 Å². The maximum atomic E-state index is 12.5. The second-order valence-electron chi connectivity index (χ2n) is 5.73. The fourth-order valence-electron chi connectivity index (χ4n) is 2.31. The smallest absolute Gasteiger partial charge is 0.335 e. The van der Waals surface area contributed by atoms with E-state index in [1.807, 2.05) is 0 Å². The zero-order valence-electron chi connectivity index (χ0n) is 15.2. The first-order valence-corrected chi connectivity index (χ1v) is 9.46. The Morgan fingerprint density at radius 2 is 1.70 bits per heavy atom. The largest absolute Gasteiger partial charge is 0.493 e. The highest BCUT2D eigenvalue weighted by molar-refractivity contribution is 7.85. The Morgan fingerprint density at radius 1 is 1.07 bits per heavy atom. The number of aromatic carboxylic acids is 1. The molecule has 2 rings (SSSR count). The molecular weight excluding hydrogens is 370 g/mol. The maximum Gasteiger partial charge on any atom is 0.335 e. The van der Waals surface area contributed by atoms with Crippen molar-refractivity contribution < 1.29 is 28.4 Å². The average Bonchev–Trinajstić information content (AvgIpc) is 2.67.